The molecule has 4 nitrogen and oxygen atoms in total. The highest BCUT2D eigenvalue weighted by atomic mass is 16.6. The van der Waals surface area contributed by atoms with Crippen LogP contribution in [0.2, 0.25) is 0 Å². The number of aliphatic hydroxyl groups excluding tert-OH is 1. The molecule has 0 aliphatic carbocycles. The Labute approximate surface area is 117 Å². The minimum Gasteiger partial charge on any atom is -0.481 e. The van der Waals surface area contributed by atoms with Crippen molar-refractivity contribution in [3.05, 3.63) is 42.0 Å². The summed E-state index contributed by atoms with van der Waals surface area (Å²) in [4.78, 5) is 11.4. The largest absolute Gasteiger partial charge is 0.481 e. The van der Waals surface area contributed by atoms with Crippen molar-refractivity contribution >= 4 is 16.7 Å². The van der Waals surface area contributed by atoms with Crippen LogP contribution >= 0.6 is 0 Å². The SMILES string of the molecule is CCOC(=O)COc1c([C@H](C)O)ccc2ccccc12. The molecule has 0 aliphatic rings. The zero-order valence-electron chi connectivity index (χ0n) is 11.6. The average molecular weight is 274 g/mol. The molecule has 0 bridgehead atoms. The number of benzene rings is 2. The predicted octanol–water partition coefficient (Wildman–Crippen LogP) is 2.84. The van der Waals surface area contributed by atoms with Crippen LogP contribution in [0.3, 0.4) is 0 Å². The van der Waals surface area contributed by atoms with E-state index in [2.05, 4.69) is 0 Å². The van der Waals surface area contributed by atoms with Crippen molar-refractivity contribution in [1.29, 1.82) is 0 Å². The van der Waals surface area contributed by atoms with Gasteiger partial charge in [-0.3, -0.25) is 0 Å². The van der Waals surface area contributed by atoms with Gasteiger partial charge in [0.2, 0.25) is 0 Å². The predicted molar refractivity (Wildman–Crippen MR) is 76.7 cm³/mol. The smallest absolute Gasteiger partial charge is 0.344 e. The van der Waals surface area contributed by atoms with Crippen molar-refractivity contribution in [3.63, 3.8) is 0 Å². The first-order valence-electron chi connectivity index (χ1n) is 6.61. The van der Waals surface area contributed by atoms with E-state index >= 15 is 0 Å². The molecule has 0 spiro atoms. The Bertz CT molecular complexity index is 604. The van der Waals surface area contributed by atoms with Crippen molar-refractivity contribution < 1.29 is 19.4 Å². The standard InChI is InChI=1S/C16H18O4/c1-3-19-15(18)10-20-16-13(11(2)17)9-8-12-6-4-5-7-14(12)16/h4-9,11,17H,3,10H2,1-2H3/t11-/m0/s1. The van der Waals surface area contributed by atoms with Gasteiger partial charge in [0.1, 0.15) is 5.75 Å². The van der Waals surface area contributed by atoms with Gasteiger partial charge in [0.15, 0.2) is 6.61 Å². The van der Waals surface area contributed by atoms with Crippen LogP contribution < -0.4 is 4.74 Å². The minimum absolute atomic E-state index is 0.165. The second-order valence-electron chi connectivity index (χ2n) is 4.47. The van der Waals surface area contributed by atoms with Gasteiger partial charge in [0.05, 0.1) is 12.7 Å². The molecule has 20 heavy (non-hydrogen) atoms. The minimum atomic E-state index is -0.670. The fourth-order valence-electron chi connectivity index (χ4n) is 2.08. The van der Waals surface area contributed by atoms with E-state index in [9.17, 15) is 9.90 Å². The third-order valence-corrected chi connectivity index (χ3v) is 3.00. The molecule has 0 unspecified atom stereocenters. The molecule has 1 N–H and O–H groups in total. The summed E-state index contributed by atoms with van der Waals surface area (Å²) in [5.74, 6) is 0.114. The summed E-state index contributed by atoms with van der Waals surface area (Å²) in [5.41, 5.74) is 0.660. The van der Waals surface area contributed by atoms with E-state index in [0.29, 0.717) is 17.9 Å². The molecule has 0 amide bonds. The molecule has 1 atom stereocenters. The van der Waals surface area contributed by atoms with E-state index in [-0.39, 0.29) is 6.61 Å². The molecule has 0 saturated carbocycles. The van der Waals surface area contributed by atoms with Crippen molar-refractivity contribution in [1.82, 2.24) is 0 Å². The van der Waals surface area contributed by atoms with Crippen LogP contribution in [0.4, 0.5) is 0 Å². The van der Waals surface area contributed by atoms with Crippen molar-refractivity contribution in [2.45, 2.75) is 20.0 Å². The summed E-state index contributed by atoms with van der Waals surface area (Å²) in [6, 6.07) is 11.4. The van der Waals surface area contributed by atoms with E-state index in [4.69, 9.17) is 9.47 Å². The van der Waals surface area contributed by atoms with E-state index in [1.54, 1.807) is 13.8 Å². The van der Waals surface area contributed by atoms with E-state index < -0.39 is 12.1 Å². The van der Waals surface area contributed by atoms with Crippen LogP contribution in [-0.2, 0) is 9.53 Å². The van der Waals surface area contributed by atoms with Gasteiger partial charge in [-0.1, -0.05) is 36.4 Å². The maximum Gasteiger partial charge on any atom is 0.344 e. The first-order chi connectivity index (χ1) is 9.63. The number of esters is 1. The maximum atomic E-state index is 11.4. The Morgan fingerprint density at radius 2 is 2.00 bits per heavy atom. The fraction of sp³-hybridized carbons (Fsp3) is 0.312. The lowest BCUT2D eigenvalue weighted by atomic mass is 10.0. The quantitative estimate of drug-likeness (QED) is 0.852. The van der Waals surface area contributed by atoms with Crippen molar-refractivity contribution in [2.75, 3.05) is 13.2 Å². The Balaban J connectivity index is 2.37. The third-order valence-electron chi connectivity index (χ3n) is 3.00. The molecule has 0 heterocycles. The maximum absolute atomic E-state index is 11.4. The van der Waals surface area contributed by atoms with Gasteiger partial charge >= 0.3 is 5.97 Å². The molecule has 0 fully saturated rings. The molecule has 2 rings (SSSR count). The summed E-state index contributed by atoms with van der Waals surface area (Å²) in [6.07, 6.45) is -0.670. The Morgan fingerprint density at radius 3 is 2.70 bits per heavy atom. The summed E-state index contributed by atoms with van der Waals surface area (Å²) in [6.45, 7) is 3.57. The molecular weight excluding hydrogens is 256 g/mol. The lowest BCUT2D eigenvalue weighted by Crippen LogP contribution is -2.15. The lowest BCUT2D eigenvalue weighted by Gasteiger charge is -2.15. The highest BCUT2D eigenvalue weighted by molar-refractivity contribution is 5.90. The van der Waals surface area contributed by atoms with Crippen LogP contribution in [0.1, 0.15) is 25.5 Å². The van der Waals surface area contributed by atoms with Crippen molar-refractivity contribution in [2.24, 2.45) is 0 Å². The Kier molecular flexibility index (Phi) is 4.58. The topological polar surface area (TPSA) is 55.8 Å². The molecule has 0 saturated heterocycles. The van der Waals surface area contributed by atoms with Gasteiger partial charge in [-0.05, 0) is 19.2 Å². The Morgan fingerprint density at radius 1 is 1.25 bits per heavy atom. The number of fused-ring (bicyclic) bond motifs is 1. The first kappa shape index (κ1) is 14.3. The number of aliphatic hydroxyl groups is 1. The Hall–Kier alpha value is -2.07. The number of hydrogen-bond acceptors (Lipinski definition) is 4. The highest BCUT2D eigenvalue weighted by Crippen LogP contribution is 2.33. The first-order valence-corrected chi connectivity index (χ1v) is 6.61. The highest BCUT2D eigenvalue weighted by Gasteiger charge is 2.14. The lowest BCUT2D eigenvalue weighted by molar-refractivity contribution is -0.145. The van der Waals surface area contributed by atoms with Gasteiger partial charge in [-0.15, -0.1) is 0 Å². The number of rotatable bonds is 5. The van der Waals surface area contributed by atoms with Crippen LogP contribution in [0.15, 0.2) is 36.4 Å². The van der Waals surface area contributed by atoms with Crippen molar-refractivity contribution in [3.8, 4) is 5.75 Å². The number of ether oxygens (including phenoxy) is 2. The van der Waals surface area contributed by atoms with E-state index in [0.717, 1.165) is 10.8 Å². The van der Waals surface area contributed by atoms with Crippen LogP contribution in [0.25, 0.3) is 10.8 Å². The summed E-state index contributed by atoms with van der Waals surface area (Å²) < 4.78 is 10.4. The molecule has 106 valence electrons. The summed E-state index contributed by atoms with van der Waals surface area (Å²) >= 11 is 0. The van der Waals surface area contributed by atoms with Gasteiger partial charge in [0.25, 0.3) is 0 Å². The number of carbonyl (C=O) groups excluding carboxylic acids is 1. The summed E-state index contributed by atoms with van der Waals surface area (Å²) in [7, 11) is 0. The average Bonchev–Trinajstić information content (AvgIpc) is 2.44. The summed E-state index contributed by atoms with van der Waals surface area (Å²) in [5, 5.41) is 11.7. The molecule has 2 aromatic carbocycles. The van der Waals surface area contributed by atoms with Crippen LogP contribution in [-0.4, -0.2) is 24.3 Å². The monoisotopic (exact) mass is 274 g/mol. The number of hydrogen-bond donors (Lipinski definition) is 1. The fourth-order valence-corrected chi connectivity index (χ4v) is 2.08. The molecule has 2 aromatic rings. The second-order valence-corrected chi connectivity index (χ2v) is 4.47. The molecular formula is C16H18O4. The van der Waals surface area contributed by atoms with Gasteiger partial charge in [-0.25, -0.2) is 4.79 Å². The molecule has 4 heteroatoms. The van der Waals surface area contributed by atoms with Crippen LogP contribution in [0.5, 0.6) is 5.75 Å². The zero-order valence-corrected chi connectivity index (χ0v) is 11.6. The van der Waals surface area contributed by atoms with Crippen LogP contribution in [0, 0.1) is 0 Å². The normalized spacial score (nSPS) is 12.2. The molecule has 0 aliphatic heterocycles. The third kappa shape index (κ3) is 3.08. The molecule has 0 aromatic heterocycles. The van der Waals surface area contributed by atoms with Gasteiger partial charge in [0, 0.05) is 10.9 Å². The van der Waals surface area contributed by atoms with Gasteiger partial charge in [-0.2, -0.15) is 0 Å². The number of carbonyl (C=O) groups is 1. The zero-order chi connectivity index (χ0) is 14.5. The van der Waals surface area contributed by atoms with E-state index in [1.807, 2.05) is 36.4 Å². The molecule has 0 radical (unpaired) electrons. The van der Waals surface area contributed by atoms with Gasteiger partial charge < -0.3 is 14.6 Å². The van der Waals surface area contributed by atoms with E-state index in [1.165, 1.54) is 0 Å². The second kappa shape index (κ2) is 6.39.